The Morgan fingerprint density at radius 2 is 1.61 bits per heavy atom. The number of amidine groups is 1. The number of H-pyrrole nitrogens is 1. The third-order valence-corrected chi connectivity index (χ3v) is 7.11. The van der Waals surface area contributed by atoms with Gasteiger partial charge >= 0.3 is 0 Å². The molecular weight excluding hydrogens is 470 g/mol. The number of nitrogens with zero attached hydrogens (tertiary/aromatic N) is 6. The molecule has 1 aliphatic rings. The first-order chi connectivity index (χ1) is 18.8. The van der Waals surface area contributed by atoms with Crippen LogP contribution in [0, 0.1) is 0 Å². The normalized spacial score (nSPS) is 13.3. The van der Waals surface area contributed by atoms with Gasteiger partial charge in [0.15, 0.2) is 5.82 Å². The molecule has 0 bridgehead atoms. The van der Waals surface area contributed by atoms with Crippen molar-refractivity contribution in [3.8, 4) is 22.5 Å². The number of nitrogens with one attached hydrogen (secondary N) is 1. The van der Waals surface area contributed by atoms with Crippen LogP contribution in [0.3, 0.4) is 0 Å². The monoisotopic (exact) mass is 501 g/mol. The average molecular weight is 502 g/mol. The molecule has 38 heavy (non-hydrogen) atoms. The van der Waals surface area contributed by atoms with E-state index in [2.05, 4.69) is 110 Å². The molecule has 0 fully saturated rings. The molecule has 5 aromatic rings. The molecule has 1 N–H and O–H groups in total. The largest absolute Gasteiger partial charge is 0.335 e. The maximum atomic E-state index is 5.06. The Hall–Kier alpha value is -4.52. The Morgan fingerprint density at radius 3 is 2.42 bits per heavy atom. The molecule has 0 spiro atoms. The van der Waals surface area contributed by atoms with E-state index in [1.807, 2.05) is 18.2 Å². The molecule has 0 radical (unpaired) electrons. The zero-order chi connectivity index (χ0) is 25.7. The Labute approximate surface area is 222 Å². The van der Waals surface area contributed by atoms with Gasteiger partial charge < -0.3 is 4.90 Å². The summed E-state index contributed by atoms with van der Waals surface area (Å²) >= 11 is 0. The van der Waals surface area contributed by atoms with E-state index >= 15 is 0 Å². The summed E-state index contributed by atoms with van der Waals surface area (Å²) in [5.74, 6) is 1.85. The Balaban J connectivity index is 1.19. The number of rotatable bonds is 9. The first-order valence-electron chi connectivity index (χ1n) is 13.2. The third-order valence-electron chi connectivity index (χ3n) is 7.11. The summed E-state index contributed by atoms with van der Waals surface area (Å²) in [6.07, 6.45) is 3.30. The summed E-state index contributed by atoms with van der Waals surface area (Å²) in [7, 11) is 0. The smallest absolute Gasteiger partial charge is 0.180 e. The Morgan fingerprint density at radius 1 is 0.816 bits per heavy atom. The van der Waals surface area contributed by atoms with Crippen molar-refractivity contribution < 1.29 is 0 Å². The van der Waals surface area contributed by atoms with Crippen molar-refractivity contribution in [3.05, 3.63) is 102 Å². The Kier molecular flexibility index (Phi) is 6.81. The summed E-state index contributed by atoms with van der Waals surface area (Å²) in [5.41, 5.74) is 5.81. The van der Waals surface area contributed by atoms with E-state index in [-0.39, 0.29) is 0 Å². The molecule has 190 valence electrons. The number of unbranched alkanes of at least 4 members (excludes halogenated alkanes) is 1. The minimum absolute atomic E-state index is 0.671. The molecule has 0 saturated carbocycles. The fourth-order valence-corrected chi connectivity index (χ4v) is 5.16. The van der Waals surface area contributed by atoms with Crippen LogP contribution in [0.2, 0.25) is 0 Å². The van der Waals surface area contributed by atoms with Gasteiger partial charge in [-0.1, -0.05) is 104 Å². The van der Waals surface area contributed by atoms with Crippen LogP contribution in [0.15, 0.2) is 96.1 Å². The first-order valence-corrected chi connectivity index (χ1v) is 13.2. The average Bonchev–Trinajstić information content (AvgIpc) is 3.63. The van der Waals surface area contributed by atoms with E-state index in [0.29, 0.717) is 5.82 Å². The summed E-state index contributed by atoms with van der Waals surface area (Å²) < 4.78 is 0. The lowest BCUT2D eigenvalue weighted by Crippen LogP contribution is -2.30. The van der Waals surface area contributed by atoms with Crippen LogP contribution < -0.4 is 0 Å². The zero-order valence-corrected chi connectivity index (χ0v) is 21.6. The lowest BCUT2D eigenvalue weighted by molar-refractivity contribution is 0.223. The second kappa shape index (κ2) is 10.8. The van der Waals surface area contributed by atoms with Crippen LogP contribution in [-0.4, -0.2) is 43.0 Å². The molecule has 6 rings (SSSR count). The Bertz CT molecular complexity index is 1540. The van der Waals surface area contributed by atoms with Crippen LogP contribution in [0.4, 0.5) is 0 Å². The van der Waals surface area contributed by atoms with Crippen LogP contribution in [0.5, 0.6) is 0 Å². The van der Waals surface area contributed by atoms with E-state index in [4.69, 9.17) is 5.10 Å². The summed E-state index contributed by atoms with van der Waals surface area (Å²) in [6.45, 7) is 4.67. The van der Waals surface area contributed by atoms with Crippen molar-refractivity contribution in [3.63, 3.8) is 0 Å². The van der Waals surface area contributed by atoms with E-state index in [9.17, 15) is 0 Å². The van der Waals surface area contributed by atoms with Gasteiger partial charge in [-0.3, -0.25) is 5.01 Å². The number of hydrogen-bond donors (Lipinski definition) is 1. The molecule has 0 unspecified atom stereocenters. The van der Waals surface area contributed by atoms with E-state index < -0.39 is 0 Å². The molecule has 1 aromatic heterocycles. The molecule has 7 nitrogen and oxygen atoms in total. The number of hydrogen-bond acceptors (Lipinski definition) is 6. The van der Waals surface area contributed by atoms with E-state index in [1.54, 1.807) is 0 Å². The lowest BCUT2D eigenvalue weighted by atomic mass is 9.98. The third kappa shape index (κ3) is 5.00. The van der Waals surface area contributed by atoms with Gasteiger partial charge in [0.25, 0.3) is 0 Å². The molecule has 4 aromatic carbocycles. The maximum Gasteiger partial charge on any atom is 0.180 e. The number of tetrazole rings is 1. The van der Waals surface area contributed by atoms with Gasteiger partial charge in [-0.15, -0.1) is 5.10 Å². The molecule has 0 aliphatic carbocycles. The van der Waals surface area contributed by atoms with Crippen molar-refractivity contribution in [2.24, 2.45) is 5.10 Å². The van der Waals surface area contributed by atoms with E-state index in [1.165, 1.54) is 27.7 Å². The standard InChI is InChI=1S/C31H31N7/c1-2-3-15-30-34-38(21-26-11-8-10-24-9-4-5-12-27(24)26)22-37(30)20-23-16-18-25(19-17-23)28-13-6-7-14-29(28)31-32-35-36-33-31/h4-14,16-19H,2-3,15,20-22H2,1H3,(H,32,33,35,36). The highest BCUT2D eigenvalue weighted by Gasteiger charge is 2.23. The van der Waals surface area contributed by atoms with Gasteiger partial charge in [0.1, 0.15) is 12.5 Å². The van der Waals surface area contributed by atoms with Gasteiger partial charge in [0.05, 0.1) is 6.54 Å². The van der Waals surface area contributed by atoms with Crippen LogP contribution in [0.25, 0.3) is 33.3 Å². The molecule has 1 aliphatic heterocycles. The van der Waals surface area contributed by atoms with Crippen molar-refractivity contribution in [2.45, 2.75) is 39.3 Å². The minimum Gasteiger partial charge on any atom is -0.335 e. The maximum absolute atomic E-state index is 5.06. The van der Waals surface area contributed by atoms with Crippen LogP contribution in [0.1, 0.15) is 37.3 Å². The fourth-order valence-electron chi connectivity index (χ4n) is 5.16. The zero-order valence-electron chi connectivity index (χ0n) is 21.6. The molecule has 7 heteroatoms. The van der Waals surface area contributed by atoms with Gasteiger partial charge in [-0.25, -0.2) is 5.10 Å². The quantitative estimate of drug-likeness (QED) is 0.251. The predicted molar refractivity (Wildman–Crippen MR) is 152 cm³/mol. The molecule has 0 saturated heterocycles. The van der Waals surface area contributed by atoms with Gasteiger partial charge in [-0.05, 0) is 49.9 Å². The van der Waals surface area contributed by atoms with Crippen LogP contribution >= 0.6 is 0 Å². The van der Waals surface area contributed by atoms with Gasteiger partial charge in [0, 0.05) is 18.5 Å². The topological polar surface area (TPSA) is 73.3 Å². The SMILES string of the molecule is CCCCC1=NN(Cc2cccc3ccccc23)CN1Cc1ccc(-c2ccccc2-c2nnn[nH]2)cc1. The highest BCUT2D eigenvalue weighted by Crippen LogP contribution is 2.30. The van der Waals surface area contributed by atoms with Crippen molar-refractivity contribution in [2.75, 3.05) is 6.67 Å². The van der Waals surface area contributed by atoms with E-state index in [0.717, 1.165) is 55.7 Å². The molecule has 2 heterocycles. The van der Waals surface area contributed by atoms with Crippen molar-refractivity contribution >= 4 is 16.6 Å². The van der Waals surface area contributed by atoms with Crippen molar-refractivity contribution in [1.82, 2.24) is 30.5 Å². The number of aromatic nitrogens is 4. The molecule has 0 amide bonds. The fraction of sp³-hybridized carbons (Fsp3) is 0.226. The number of aromatic amines is 1. The predicted octanol–water partition coefficient (Wildman–Crippen LogP) is 6.47. The van der Waals surface area contributed by atoms with Gasteiger partial charge in [0.2, 0.25) is 0 Å². The number of benzene rings is 4. The second-order valence-electron chi connectivity index (χ2n) is 9.75. The molecule has 0 atom stereocenters. The number of hydrazone groups is 1. The van der Waals surface area contributed by atoms with Crippen molar-refractivity contribution in [1.29, 1.82) is 0 Å². The minimum atomic E-state index is 0.671. The summed E-state index contributed by atoms with van der Waals surface area (Å²) in [4.78, 5) is 2.42. The lowest BCUT2D eigenvalue weighted by Gasteiger charge is -2.22. The molecular formula is C31H31N7. The van der Waals surface area contributed by atoms with Crippen LogP contribution in [-0.2, 0) is 13.1 Å². The van der Waals surface area contributed by atoms with Gasteiger partial charge in [-0.2, -0.15) is 5.10 Å². The second-order valence-corrected chi connectivity index (χ2v) is 9.75. The highest BCUT2D eigenvalue weighted by molar-refractivity contribution is 5.86. The summed E-state index contributed by atoms with van der Waals surface area (Å²) in [6, 6.07) is 32.1. The number of fused-ring (bicyclic) bond motifs is 1. The highest BCUT2D eigenvalue weighted by atomic mass is 15.6. The first kappa shape index (κ1) is 23.9. The summed E-state index contributed by atoms with van der Waals surface area (Å²) in [5, 5.41) is 24.3.